The van der Waals surface area contributed by atoms with Crippen molar-refractivity contribution in [3.05, 3.63) is 38.0 Å². The van der Waals surface area contributed by atoms with E-state index in [2.05, 4.69) is 40.9 Å². The van der Waals surface area contributed by atoms with Gasteiger partial charge in [0.25, 0.3) is 0 Å². The van der Waals surface area contributed by atoms with E-state index in [4.69, 9.17) is 16.6 Å². The molecule has 0 aromatic carbocycles. The van der Waals surface area contributed by atoms with Crippen LogP contribution in [0, 0.1) is 13.8 Å². The zero-order chi connectivity index (χ0) is 15.3. The molecule has 0 aliphatic carbocycles. The Morgan fingerprint density at radius 3 is 2.57 bits per heavy atom. The summed E-state index contributed by atoms with van der Waals surface area (Å²) in [5, 5.41) is 5.42. The smallest absolute Gasteiger partial charge is 0.164 e. The summed E-state index contributed by atoms with van der Waals surface area (Å²) in [6.07, 6.45) is 0. The van der Waals surface area contributed by atoms with Gasteiger partial charge in [0.1, 0.15) is 0 Å². The van der Waals surface area contributed by atoms with Crippen LogP contribution in [0.2, 0.25) is 5.02 Å². The Morgan fingerprint density at radius 2 is 2.00 bits per heavy atom. The molecule has 21 heavy (non-hydrogen) atoms. The van der Waals surface area contributed by atoms with Gasteiger partial charge in [-0.15, -0.1) is 11.3 Å². The van der Waals surface area contributed by atoms with Gasteiger partial charge in [-0.1, -0.05) is 25.4 Å². The lowest BCUT2D eigenvalue weighted by Crippen LogP contribution is -2.03. The molecule has 0 fully saturated rings. The topological polar surface area (TPSA) is 30.2 Å². The molecular formula is C15H15BrClN3S. The maximum absolute atomic E-state index is 6.37. The van der Waals surface area contributed by atoms with Crippen LogP contribution in [-0.4, -0.2) is 14.6 Å². The van der Waals surface area contributed by atoms with Gasteiger partial charge in [0, 0.05) is 11.4 Å². The monoisotopic (exact) mass is 383 g/mol. The summed E-state index contributed by atoms with van der Waals surface area (Å²) in [7, 11) is 0. The van der Waals surface area contributed by atoms with E-state index in [0.717, 1.165) is 36.3 Å². The van der Waals surface area contributed by atoms with Crippen molar-refractivity contribution in [3.8, 4) is 10.4 Å². The van der Waals surface area contributed by atoms with E-state index < -0.39 is 0 Å². The molecule has 0 saturated heterocycles. The number of hydrogen-bond donors (Lipinski definition) is 0. The van der Waals surface area contributed by atoms with E-state index >= 15 is 0 Å². The van der Waals surface area contributed by atoms with Crippen LogP contribution < -0.4 is 0 Å². The lowest BCUT2D eigenvalue weighted by atomic mass is 10.1. The first-order valence-corrected chi connectivity index (χ1v) is 8.69. The summed E-state index contributed by atoms with van der Waals surface area (Å²) in [4.78, 5) is 5.72. The molecule has 3 aromatic rings. The standard InChI is InChI=1S/C15H15BrClN3S/c1-7(2)11-5-8(3)18-15-13(9(4)19-20(11)15)14-10(17)6-12(16)21-14/h5-7H,1-4H3. The Balaban J connectivity index is 2.39. The van der Waals surface area contributed by atoms with Gasteiger partial charge in [-0.25, -0.2) is 9.50 Å². The van der Waals surface area contributed by atoms with E-state index in [1.807, 2.05) is 24.4 Å². The molecule has 6 heteroatoms. The average molecular weight is 385 g/mol. The van der Waals surface area contributed by atoms with Crippen molar-refractivity contribution >= 4 is 44.5 Å². The average Bonchev–Trinajstić information content (AvgIpc) is 2.87. The maximum Gasteiger partial charge on any atom is 0.164 e. The quantitative estimate of drug-likeness (QED) is 0.574. The molecule has 0 aliphatic heterocycles. The Hall–Kier alpha value is -0.910. The normalized spacial score (nSPS) is 11.8. The number of aromatic nitrogens is 3. The zero-order valence-corrected chi connectivity index (χ0v) is 15.4. The maximum atomic E-state index is 6.37. The van der Waals surface area contributed by atoms with Crippen LogP contribution in [0.5, 0.6) is 0 Å². The minimum absolute atomic E-state index is 0.381. The highest BCUT2D eigenvalue weighted by atomic mass is 79.9. The molecule has 3 nitrogen and oxygen atoms in total. The van der Waals surface area contributed by atoms with Crippen LogP contribution >= 0.6 is 38.9 Å². The highest BCUT2D eigenvalue weighted by molar-refractivity contribution is 9.11. The molecule has 0 N–H and O–H groups in total. The molecule has 3 aromatic heterocycles. The summed E-state index contributed by atoms with van der Waals surface area (Å²) in [6.45, 7) is 8.36. The lowest BCUT2D eigenvalue weighted by Gasteiger charge is -2.09. The molecule has 0 saturated carbocycles. The van der Waals surface area contributed by atoms with Crippen LogP contribution in [0.1, 0.15) is 36.8 Å². The third-order valence-corrected chi connectivity index (χ3v) is 5.46. The number of nitrogens with zero attached hydrogens (tertiary/aromatic N) is 3. The first kappa shape index (κ1) is 15.0. The summed E-state index contributed by atoms with van der Waals surface area (Å²) in [5.74, 6) is 0.381. The first-order valence-electron chi connectivity index (χ1n) is 6.70. The summed E-state index contributed by atoms with van der Waals surface area (Å²) in [6, 6.07) is 4.02. The van der Waals surface area contributed by atoms with Crippen molar-refractivity contribution in [2.24, 2.45) is 0 Å². The van der Waals surface area contributed by atoms with Crippen LogP contribution in [0.25, 0.3) is 16.1 Å². The number of rotatable bonds is 2. The Labute approximate surface area is 141 Å². The van der Waals surface area contributed by atoms with E-state index in [9.17, 15) is 0 Å². The number of hydrogen-bond acceptors (Lipinski definition) is 3. The highest BCUT2D eigenvalue weighted by Crippen LogP contribution is 2.42. The van der Waals surface area contributed by atoms with Gasteiger partial charge in [0.2, 0.25) is 0 Å². The number of fused-ring (bicyclic) bond motifs is 1. The molecule has 0 spiro atoms. The van der Waals surface area contributed by atoms with Gasteiger partial charge in [-0.3, -0.25) is 0 Å². The predicted molar refractivity (Wildman–Crippen MR) is 92.6 cm³/mol. The number of halogens is 2. The summed E-state index contributed by atoms with van der Waals surface area (Å²) >= 11 is 11.5. The molecule has 0 bridgehead atoms. The van der Waals surface area contributed by atoms with Gasteiger partial charge in [-0.05, 0) is 47.8 Å². The fourth-order valence-corrected chi connectivity index (χ4v) is 4.56. The van der Waals surface area contributed by atoms with Gasteiger partial charge in [-0.2, -0.15) is 5.10 Å². The van der Waals surface area contributed by atoms with Crippen molar-refractivity contribution in [2.45, 2.75) is 33.6 Å². The predicted octanol–water partition coefficient (Wildman–Crippen LogP) is 5.61. The van der Waals surface area contributed by atoms with Crippen molar-refractivity contribution in [1.82, 2.24) is 14.6 Å². The largest absolute Gasteiger partial charge is 0.233 e. The summed E-state index contributed by atoms with van der Waals surface area (Å²) in [5.41, 5.74) is 5.03. The fraction of sp³-hybridized carbons (Fsp3) is 0.333. The van der Waals surface area contributed by atoms with Gasteiger partial charge in [0.15, 0.2) is 5.65 Å². The Bertz CT molecular complexity index is 835. The fourth-order valence-electron chi connectivity index (χ4n) is 2.46. The van der Waals surface area contributed by atoms with Gasteiger partial charge < -0.3 is 0 Å². The molecule has 0 atom stereocenters. The number of thiophene rings is 1. The highest BCUT2D eigenvalue weighted by Gasteiger charge is 2.20. The van der Waals surface area contributed by atoms with Gasteiger partial charge >= 0.3 is 0 Å². The van der Waals surface area contributed by atoms with Crippen molar-refractivity contribution < 1.29 is 0 Å². The number of aryl methyl sites for hydroxylation is 2. The zero-order valence-electron chi connectivity index (χ0n) is 12.2. The van der Waals surface area contributed by atoms with E-state index in [0.29, 0.717) is 5.92 Å². The molecule has 0 radical (unpaired) electrons. The van der Waals surface area contributed by atoms with Crippen LogP contribution in [0.3, 0.4) is 0 Å². The van der Waals surface area contributed by atoms with Crippen LogP contribution in [0.4, 0.5) is 0 Å². The van der Waals surface area contributed by atoms with Crippen molar-refractivity contribution in [3.63, 3.8) is 0 Å². The Kier molecular flexibility index (Phi) is 3.84. The van der Waals surface area contributed by atoms with Crippen molar-refractivity contribution in [1.29, 1.82) is 0 Å². The second kappa shape index (κ2) is 5.38. The summed E-state index contributed by atoms with van der Waals surface area (Å²) < 4.78 is 2.96. The first-order chi connectivity index (χ1) is 9.88. The lowest BCUT2D eigenvalue weighted by molar-refractivity contribution is 0.741. The minimum Gasteiger partial charge on any atom is -0.233 e. The van der Waals surface area contributed by atoms with Crippen LogP contribution in [0.15, 0.2) is 15.9 Å². The van der Waals surface area contributed by atoms with E-state index in [1.165, 1.54) is 5.69 Å². The third-order valence-electron chi connectivity index (χ3n) is 3.39. The second-order valence-corrected chi connectivity index (χ2v) is 8.24. The SMILES string of the molecule is Cc1cc(C(C)C)n2nc(C)c(-c3sc(Br)cc3Cl)c2n1. The molecule has 0 unspecified atom stereocenters. The van der Waals surface area contributed by atoms with E-state index in [1.54, 1.807) is 11.3 Å². The Morgan fingerprint density at radius 1 is 1.29 bits per heavy atom. The molecule has 110 valence electrons. The minimum atomic E-state index is 0.381. The molecule has 0 aliphatic rings. The molecule has 3 rings (SSSR count). The molecule has 0 amide bonds. The molecule has 3 heterocycles. The molecular weight excluding hydrogens is 370 g/mol. The van der Waals surface area contributed by atoms with E-state index in [-0.39, 0.29) is 0 Å². The third kappa shape index (κ3) is 2.51. The van der Waals surface area contributed by atoms with Crippen molar-refractivity contribution in [2.75, 3.05) is 0 Å². The van der Waals surface area contributed by atoms with Crippen LogP contribution in [-0.2, 0) is 0 Å². The van der Waals surface area contributed by atoms with Gasteiger partial charge in [0.05, 0.1) is 24.9 Å². The second-order valence-electron chi connectivity index (χ2n) is 5.40.